The van der Waals surface area contributed by atoms with Crippen molar-refractivity contribution in [3.8, 4) is 11.5 Å². The first-order valence-electron chi connectivity index (χ1n) is 7.98. The van der Waals surface area contributed by atoms with E-state index in [4.69, 9.17) is 21.1 Å². The van der Waals surface area contributed by atoms with Crippen molar-refractivity contribution in [1.82, 2.24) is 5.32 Å². The lowest BCUT2D eigenvalue weighted by Crippen LogP contribution is -2.21. The number of ether oxygens (including phenoxy) is 2. The summed E-state index contributed by atoms with van der Waals surface area (Å²) in [7, 11) is 1.60. The first-order valence-corrected chi connectivity index (χ1v) is 8.36. The maximum Gasteiger partial charge on any atom is 0.163 e. The molecule has 0 aliphatic carbocycles. The average molecular weight is 350 g/mol. The van der Waals surface area contributed by atoms with E-state index < -0.39 is 6.10 Å². The molecule has 0 fully saturated rings. The van der Waals surface area contributed by atoms with Crippen LogP contribution >= 0.6 is 11.6 Å². The van der Waals surface area contributed by atoms with Gasteiger partial charge in [-0.15, -0.1) is 0 Å². The minimum Gasteiger partial charge on any atom is -0.493 e. The van der Waals surface area contributed by atoms with Gasteiger partial charge in [-0.2, -0.15) is 0 Å². The van der Waals surface area contributed by atoms with Gasteiger partial charge in [0.05, 0.1) is 19.3 Å². The van der Waals surface area contributed by atoms with Crippen LogP contribution in [0.4, 0.5) is 0 Å². The number of aliphatic hydroxyl groups excluding tert-OH is 1. The summed E-state index contributed by atoms with van der Waals surface area (Å²) in [6.07, 6.45) is -0.518. The molecule has 4 nitrogen and oxygen atoms in total. The van der Waals surface area contributed by atoms with E-state index >= 15 is 0 Å². The highest BCUT2D eigenvalue weighted by Crippen LogP contribution is 2.34. The van der Waals surface area contributed by atoms with E-state index in [1.54, 1.807) is 13.2 Å². The molecule has 0 amide bonds. The van der Waals surface area contributed by atoms with Gasteiger partial charge in [-0.3, -0.25) is 0 Å². The zero-order valence-electron chi connectivity index (χ0n) is 14.3. The Labute approximate surface area is 148 Å². The van der Waals surface area contributed by atoms with Gasteiger partial charge in [0.1, 0.15) is 0 Å². The van der Waals surface area contributed by atoms with Gasteiger partial charge in [0.2, 0.25) is 0 Å². The lowest BCUT2D eigenvalue weighted by atomic mass is 10.1. The van der Waals surface area contributed by atoms with E-state index in [1.807, 2.05) is 50.2 Å². The fraction of sp³-hybridized carbons (Fsp3) is 0.368. The number of hydrogen-bond acceptors (Lipinski definition) is 4. The summed E-state index contributed by atoms with van der Waals surface area (Å²) >= 11 is 6.34. The molecule has 0 aliphatic rings. The Morgan fingerprint density at radius 3 is 2.46 bits per heavy atom. The number of hydrogen-bond donors (Lipinski definition) is 2. The van der Waals surface area contributed by atoms with Gasteiger partial charge < -0.3 is 19.9 Å². The first kappa shape index (κ1) is 18.6. The second kappa shape index (κ2) is 8.92. The van der Waals surface area contributed by atoms with E-state index in [0.717, 1.165) is 11.1 Å². The molecule has 2 aromatic carbocycles. The van der Waals surface area contributed by atoms with Crippen molar-refractivity contribution >= 4 is 11.6 Å². The van der Waals surface area contributed by atoms with Crippen molar-refractivity contribution in [3.05, 3.63) is 58.6 Å². The Hall–Kier alpha value is -1.75. The van der Waals surface area contributed by atoms with E-state index in [1.165, 1.54) is 0 Å². The van der Waals surface area contributed by atoms with Crippen LogP contribution in [0.25, 0.3) is 0 Å². The molecule has 0 aromatic heterocycles. The summed E-state index contributed by atoms with van der Waals surface area (Å²) in [6.45, 7) is 4.87. The SMILES string of the molecule is COc1cc(CNCC(O)c2ccccc2)c(Cl)cc1OC(C)C. The van der Waals surface area contributed by atoms with Gasteiger partial charge in [-0.25, -0.2) is 0 Å². The molecule has 2 rings (SSSR count). The highest BCUT2D eigenvalue weighted by atomic mass is 35.5. The maximum absolute atomic E-state index is 10.2. The van der Waals surface area contributed by atoms with Crippen LogP contribution in [0.1, 0.15) is 31.1 Å². The van der Waals surface area contributed by atoms with Gasteiger partial charge in [-0.1, -0.05) is 41.9 Å². The number of aliphatic hydroxyl groups is 1. The summed E-state index contributed by atoms with van der Waals surface area (Å²) in [6, 6.07) is 13.2. The molecule has 0 saturated heterocycles. The second-order valence-electron chi connectivity index (χ2n) is 5.82. The molecular formula is C19H24ClNO3. The molecule has 0 bridgehead atoms. The van der Waals surface area contributed by atoms with Crippen molar-refractivity contribution in [2.75, 3.05) is 13.7 Å². The van der Waals surface area contributed by atoms with Crippen LogP contribution in [0.3, 0.4) is 0 Å². The molecule has 5 heteroatoms. The van der Waals surface area contributed by atoms with Gasteiger partial charge in [0.15, 0.2) is 11.5 Å². The van der Waals surface area contributed by atoms with Crippen molar-refractivity contribution < 1.29 is 14.6 Å². The fourth-order valence-corrected chi connectivity index (χ4v) is 2.58. The molecule has 2 N–H and O–H groups in total. The van der Waals surface area contributed by atoms with Crippen molar-refractivity contribution in [2.45, 2.75) is 32.6 Å². The average Bonchev–Trinajstić information content (AvgIpc) is 2.57. The van der Waals surface area contributed by atoms with Crippen LogP contribution in [0, 0.1) is 0 Å². The van der Waals surface area contributed by atoms with Gasteiger partial charge in [0.25, 0.3) is 0 Å². The van der Waals surface area contributed by atoms with Crippen LogP contribution in [0.5, 0.6) is 11.5 Å². The molecule has 1 unspecified atom stereocenters. The van der Waals surface area contributed by atoms with Crippen molar-refractivity contribution in [3.63, 3.8) is 0 Å². The van der Waals surface area contributed by atoms with E-state index in [9.17, 15) is 5.11 Å². The lowest BCUT2D eigenvalue weighted by molar-refractivity contribution is 0.174. The molecule has 2 aromatic rings. The molecule has 0 heterocycles. The maximum atomic E-state index is 10.2. The van der Waals surface area contributed by atoms with Crippen LogP contribution in [0.2, 0.25) is 5.02 Å². The summed E-state index contributed by atoms with van der Waals surface area (Å²) in [5, 5.41) is 14.0. The monoisotopic (exact) mass is 349 g/mol. The van der Waals surface area contributed by atoms with Gasteiger partial charge >= 0.3 is 0 Å². The Morgan fingerprint density at radius 1 is 1.12 bits per heavy atom. The standard InChI is InChI=1S/C19H24ClNO3/c1-13(2)24-19-10-16(20)15(9-18(19)23-3)11-21-12-17(22)14-7-5-4-6-8-14/h4-10,13,17,21-22H,11-12H2,1-3H3. The predicted octanol–water partition coefficient (Wildman–Crippen LogP) is 3.96. The Kier molecular flexibility index (Phi) is 6.91. The smallest absolute Gasteiger partial charge is 0.163 e. The first-order chi connectivity index (χ1) is 11.5. The zero-order chi connectivity index (χ0) is 17.5. The quantitative estimate of drug-likeness (QED) is 0.757. The van der Waals surface area contributed by atoms with Crippen LogP contribution in [0.15, 0.2) is 42.5 Å². The molecule has 130 valence electrons. The van der Waals surface area contributed by atoms with E-state index in [2.05, 4.69) is 5.32 Å². The van der Waals surface area contributed by atoms with Crippen molar-refractivity contribution in [1.29, 1.82) is 0 Å². The zero-order valence-corrected chi connectivity index (χ0v) is 15.0. The van der Waals surface area contributed by atoms with E-state index in [-0.39, 0.29) is 6.10 Å². The normalized spacial score (nSPS) is 12.2. The third-order valence-corrected chi connectivity index (χ3v) is 3.88. The number of nitrogens with one attached hydrogen (secondary N) is 1. The molecule has 1 atom stereocenters. The summed E-state index contributed by atoms with van der Waals surface area (Å²) in [5.41, 5.74) is 1.78. The fourth-order valence-electron chi connectivity index (χ4n) is 2.35. The van der Waals surface area contributed by atoms with Gasteiger partial charge in [-0.05, 0) is 31.0 Å². The Bertz CT molecular complexity index is 647. The predicted molar refractivity (Wildman–Crippen MR) is 96.9 cm³/mol. The Balaban J connectivity index is 1.99. The Morgan fingerprint density at radius 2 is 1.83 bits per heavy atom. The van der Waals surface area contributed by atoms with Crippen LogP contribution < -0.4 is 14.8 Å². The minimum atomic E-state index is -0.560. The number of methoxy groups -OCH3 is 1. The minimum absolute atomic E-state index is 0.0416. The number of rotatable bonds is 8. The largest absolute Gasteiger partial charge is 0.493 e. The number of halogens is 1. The van der Waals surface area contributed by atoms with Gasteiger partial charge in [0, 0.05) is 24.2 Å². The highest BCUT2D eigenvalue weighted by Gasteiger charge is 2.12. The molecular weight excluding hydrogens is 326 g/mol. The highest BCUT2D eigenvalue weighted by molar-refractivity contribution is 6.31. The molecule has 0 saturated carbocycles. The van der Waals surface area contributed by atoms with Crippen LogP contribution in [-0.2, 0) is 6.54 Å². The summed E-state index contributed by atoms with van der Waals surface area (Å²) in [5.74, 6) is 1.28. The topological polar surface area (TPSA) is 50.7 Å². The number of benzene rings is 2. The third kappa shape index (κ3) is 5.13. The van der Waals surface area contributed by atoms with E-state index in [0.29, 0.717) is 29.6 Å². The third-order valence-electron chi connectivity index (χ3n) is 3.53. The molecule has 24 heavy (non-hydrogen) atoms. The van der Waals surface area contributed by atoms with Crippen molar-refractivity contribution in [2.24, 2.45) is 0 Å². The molecule has 0 spiro atoms. The molecule has 0 aliphatic heterocycles. The molecule has 0 radical (unpaired) electrons. The lowest BCUT2D eigenvalue weighted by Gasteiger charge is -2.17. The summed E-state index contributed by atoms with van der Waals surface area (Å²) < 4.78 is 11.1. The summed E-state index contributed by atoms with van der Waals surface area (Å²) in [4.78, 5) is 0. The van der Waals surface area contributed by atoms with Crippen LogP contribution in [-0.4, -0.2) is 24.9 Å². The second-order valence-corrected chi connectivity index (χ2v) is 6.23.